The van der Waals surface area contributed by atoms with Gasteiger partial charge in [-0.05, 0) is 24.1 Å². The Morgan fingerprint density at radius 2 is 1.93 bits per heavy atom. The van der Waals surface area contributed by atoms with Crippen molar-refractivity contribution >= 4 is 17.6 Å². The van der Waals surface area contributed by atoms with Gasteiger partial charge in [0.15, 0.2) is 0 Å². The Morgan fingerprint density at radius 3 is 2.52 bits per heavy atom. The molecule has 0 aromatic heterocycles. The van der Waals surface area contributed by atoms with Crippen molar-refractivity contribution in [1.29, 1.82) is 0 Å². The molecule has 1 N–H and O–H groups in total. The lowest BCUT2D eigenvalue weighted by Crippen LogP contribution is -2.48. The maximum absolute atomic E-state index is 13.1. The summed E-state index contributed by atoms with van der Waals surface area (Å²) >= 11 is 0. The number of nitrogens with zero attached hydrogens (tertiary/aromatic N) is 2. The number of methoxy groups -OCH3 is 1. The number of carbonyl (C=O) groups excluding carboxylic acids is 1. The summed E-state index contributed by atoms with van der Waals surface area (Å²) in [4.78, 5) is 36.8. The summed E-state index contributed by atoms with van der Waals surface area (Å²) < 4.78 is 5.15. The highest BCUT2D eigenvalue weighted by atomic mass is 16.6. The molecular weight excluding hydrogens is 352 g/mol. The highest BCUT2D eigenvalue weighted by Crippen LogP contribution is 2.32. The van der Waals surface area contributed by atoms with E-state index in [1.807, 2.05) is 24.3 Å². The molecule has 0 saturated heterocycles. The van der Waals surface area contributed by atoms with Gasteiger partial charge in [-0.3, -0.25) is 14.9 Å². The number of carboxylic acid groups (broad SMARTS) is 1. The molecule has 0 spiro atoms. The molecule has 0 aliphatic carbocycles. The highest BCUT2D eigenvalue weighted by molar-refractivity contribution is 5.98. The van der Waals surface area contributed by atoms with E-state index in [-0.39, 0.29) is 30.0 Å². The number of nitro benzene ring substituents is 1. The van der Waals surface area contributed by atoms with Crippen molar-refractivity contribution in [3.05, 3.63) is 68.8 Å². The minimum Gasteiger partial charge on any atom is -0.496 e. The van der Waals surface area contributed by atoms with Gasteiger partial charge in [-0.2, -0.15) is 0 Å². The summed E-state index contributed by atoms with van der Waals surface area (Å²) in [6.45, 7) is 1.65. The van der Waals surface area contributed by atoms with Crippen LogP contribution in [0.15, 0.2) is 36.4 Å². The standard InChI is InChI=1S/C19H18N2O6/c1-11-15(21(25)26)8-14(9-17(11)27-2)18(22)20-10-13-6-4-3-5-12(13)7-16(20)19(23)24/h3-6,8-9,16H,7,10H2,1-2H3,(H,23,24). The van der Waals surface area contributed by atoms with Gasteiger partial charge in [-0.15, -0.1) is 0 Å². The van der Waals surface area contributed by atoms with Gasteiger partial charge in [0.1, 0.15) is 11.8 Å². The van der Waals surface area contributed by atoms with E-state index in [9.17, 15) is 24.8 Å². The molecule has 0 saturated carbocycles. The molecule has 27 heavy (non-hydrogen) atoms. The second kappa shape index (κ2) is 7.06. The number of fused-ring (bicyclic) bond motifs is 1. The molecule has 1 unspecified atom stereocenters. The Balaban J connectivity index is 2.05. The third-order valence-electron chi connectivity index (χ3n) is 4.79. The number of nitro groups is 1. The van der Waals surface area contributed by atoms with Crippen LogP contribution in [0.5, 0.6) is 5.75 Å². The van der Waals surface area contributed by atoms with E-state index in [1.165, 1.54) is 31.1 Å². The van der Waals surface area contributed by atoms with E-state index >= 15 is 0 Å². The first-order valence-corrected chi connectivity index (χ1v) is 8.27. The predicted molar refractivity (Wildman–Crippen MR) is 95.8 cm³/mol. The molecule has 1 aliphatic heterocycles. The van der Waals surface area contributed by atoms with Crippen molar-refractivity contribution in [3.8, 4) is 5.75 Å². The Kier molecular flexibility index (Phi) is 4.81. The van der Waals surface area contributed by atoms with Crippen molar-refractivity contribution in [1.82, 2.24) is 4.90 Å². The number of amides is 1. The van der Waals surface area contributed by atoms with Crippen molar-refractivity contribution in [2.75, 3.05) is 7.11 Å². The smallest absolute Gasteiger partial charge is 0.326 e. The summed E-state index contributed by atoms with van der Waals surface area (Å²) in [5.74, 6) is -1.50. The molecule has 0 bridgehead atoms. The quantitative estimate of drug-likeness (QED) is 0.654. The van der Waals surface area contributed by atoms with Crippen LogP contribution in [0.3, 0.4) is 0 Å². The van der Waals surface area contributed by atoms with Crippen molar-refractivity contribution < 1.29 is 24.4 Å². The Bertz CT molecular complexity index is 940. The van der Waals surface area contributed by atoms with Crippen LogP contribution in [-0.4, -0.2) is 40.0 Å². The Hall–Kier alpha value is -3.42. The van der Waals surface area contributed by atoms with E-state index in [2.05, 4.69) is 0 Å². The molecule has 0 fully saturated rings. The first-order chi connectivity index (χ1) is 12.8. The zero-order valence-electron chi connectivity index (χ0n) is 14.8. The molecule has 2 aromatic carbocycles. The highest BCUT2D eigenvalue weighted by Gasteiger charge is 2.35. The molecule has 8 heteroatoms. The fourth-order valence-corrected chi connectivity index (χ4v) is 3.32. The second-order valence-corrected chi connectivity index (χ2v) is 6.34. The lowest BCUT2D eigenvalue weighted by molar-refractivity contribution is -0.385. The number of carboxylic acids is 1. The molecule has 140 valence electrons. The number of rotatable bonds is 4. The van der Waals surface area contributed by atoms with Crippen LogP contribution in [0.4, 0.5) is 5.69 Å². The fourth-order valence-electron chi connectivity index (χ4n) is 3.32. The maximum Gasteiger partial charge on any atom is 0.326 e. The number of hydrogen-bond donors (Lipinski definition) is 1. The van der Waals surface area contributed by atoms with Crippen molar-refractivity contribution in [2.45, 2.75) is 25.9 Å². The van der Waals surface area contributed by atoms with Gasteiger partial charge in [0, 0.05) is 19.0 Å². The summed E-state index contributed by atoms with van der Waals surface area (Å²) in [6, 6.07) is 8.85. The summed E-state index contributed by atoms with van der Waals surface area (Å²) in [5.41, 5.74) is 1.81. The van der Waals surface area contributed by atoms with Crippen molar-refractivity contribution in [3.63, 3.8) is 0 Å². The van der Waals surface area contributed by atoms with Gasteiger partial charge in [0.2, 0.25) is 0 Å². The van der Waals surface area contributed by atoms with Gasteiger partial charge in [-0.1, -0.05) is 24.3 Å². The minimum atomic E-state index is -1.12. The summed E-state index contributed by atoms with van der Waals surface area (Å²) in [5, 5.41) is 20.9. The SMILES string of the molecule is COc1cc(C(=O)N2Cc3ccccc3CC2C(=O)O)cc([N+](=O)[O-])c1C. The molecule has 1 heterocycles. The molecule has 2 aromatic rings. The predicted octanol–water partition coefficient (Wildman–Crippen LogP) is 2.56. The molecule has 8 nitrogen and oxygen atoms in total. The van der Waals surface area contributed by atoms with E-state index in [0.717, 1.165) is 11.1 Å². The second-order valence-electron chi connectivity index (χ2n) is 6.34. The number of benzene rings is 2. The van der Waals surface area contributed by atoms with Crippen LogP contribution in [0, 0.1) is 17.0 Å². The first-order valence-electron chi connectivity index (χ1n) is 8.27. The summed E-state index contributed by atoms with van der Waals surface area (Å²) in [7, 11) is 1.36. The zero-order chi connectivity index (χ0) is 19.7. The molecule has 1 atom stereocenters. The maximum atomic E-state index is 13.1. The van der Waals surface area contributed by atoms with Crippen LogP contribution in [0.1, 0.15) is 27.0 Å². The van der Waals surface area contributed by atoms with E-state index in [4.69, 9.17) is 4.74 Å². The van der Waals surface area contributed by atoms with Crippen LogP contribution in [-0.2, 0) is 17.8 Å². The Labute approximate surface area is 155 Å². The normalized spacial score (nSPS) is 15.8. The van der Waals surface area contributed by atoms with Crippen LogP contribution >= 0.6 is 0 Å². The lowest BCUT2D eigenvalue weighted by atomic mass is 9.93. The fraction of sp³-hybridized carbons (Fsp3) is 0.263. The van der Waals surface area contributed by atoms with Gasteiger partial charge in [0.25, 0.3) is 11.6 Å². The number of hydrogen-bond acceptors (Lipinski definition) is 5. The van der Waals surface area contributed by atoms with Gasteiger partial charge in [0.05, 0.1) is 23.2 Å². The topological polar surface area (TPSA) is 110 Å². The zero-order valence-corrected chi connectivity index (χ0v) is 14.8. The van der Waals surface area contributed by atoms with Gasteiger partial charge < -0.3 is 14.7 Å². The van der Waals surface area contributed by atoms with Gasteiger partial charge in [-0.25, -0.2) is 4.79 Å². The lowest BCUT2D eigenvalue weighted by Gasteiger charge is -2.34. The molecule has 1 amide bonds. The monoisotopic (exact) mass is 370 g/mol. The summed E-state index contributed by atoms with van der Waals surface area (Å²) in [6.07, 6.45) is 0.183. The Morgan fingerprint density at radius 1 is 1.26 bits per heavy atom. The average molecular weight is 370 g/mol. The first kappa shape index (κ1) is 18.4. The largest absolute Gasteiger partial charge is 0.496 e. The molecule has 0 radical (unpaired) electrons. The number of carbonyl (C=O) groups is 2. The average Bonchev–Trinajstić information content (AvgIpc) is 2.66. The molecule has 1 aliphatic rings. The number of ether oxygens (including phenoxy) is 1. The van der Waals surface area contributed by atoms with E-state index in [1.54, 1.807) is 0 Å². The van der Waals surface area contributed by atoms with Crippen molar-refractivity contribution in [2.24, 2.45) is 0 Å². The van der Waals surface area contributed by atoms with E-state index in [0.29, 0.717) is 5.56 Å². The van der Waals surface area contributed by atoms with E-state index < -0.39 is 22.8 Å². The van der Waals surface area contributed by atoms with Crippen LogP contribution in [0.25, 0.3) is 0 Å². The minimum absolute atomic E-state index is 0.0229. The molecule has 3 rings (SSSR count). The van der Waals surface area contributed by atoms with Crippen LogP contribution < -0.4 is 4.74 Å². The van der Waals surface area contributed by atoms with Gasteiger partial charge >= 0.3 is 5.97 Å². The third-order valence-corrected chi connectivity index (χ3v) is 4.79. The molecular formula is C19H18N2O6. The third kappa shape index (κ3) is 3.33. The number of aliphatic carboxylic acids is 1. The van der Waals surface area contributed by atoms with Crippen LogP contribution in [0.2, 0.25) is 0 Å².